The first-order valence-electron chi connectivity index (χ1n) is 7.04. The predicted octanol–water partition coefficient (Wildman–Crippen LogP) is 2.18. The van der Waals surface area contributed by atoms with Gasteiger partial charge in [-0.25, -0.2) is 0 Å². The number of ketones is 2. The number of hydrogen-bond donors (Lipinski definition) is 0. The van der Waals surface area contributed by atoms with E-state index in [1.54, 1.807) is 12.1 Å². The molecule has 22 heavy (non-hydrogen) atoms. The molecule has 1 saturated carbocycles. The summed E-state index contributed by atoms with van der Waals surface area (Å²) in [5, 5.41) is -1.51. The molecule has 0 amide bonds. The van der Waals surface area contributed by atoms with Gasteiger partial charge in [0.2, 0.25) is 5.34 Å². The summed E-state index contributed by atoms with van der Waals surface area (Å²) in [6.07, 6.45) is -0.697. The maximum atomic E-state index is 13.3. The van der Waals surface area contributed by atoms with E-state index in [1.807, 2.05) is 12.1 Å². The van der Waals surface area contributed by atoms with Crippen LogP contribution in [0.25, 0.3) is 0 Å². The van der Waals surface area contributed by atoms with Crippen molar-refractivity contribution in [3.05, 3.63) is 35.4 Å². The van der Waals surface area contributed by atoms with E-state index < -0.39 is 30.9 Å². The molecule has 116 valence electrons. The van der Waals surface area contributed by atoms with Crippen LogP contribution in [0.4, 0.5) is 0 Å². The van der Waals surface area contributed by atoms with Crippen molar-refractivity contribution in [1.82, 2.24) is 0 Å². The first kappa shape index (κ1) is 14.3. The Morgan fingerprint density at radius 2 is 1.86 bits per heavy atom. The van der Waals surface area contributed by atoms with Crippen LogP contribution < -0.4 is 0 Å². The molecule has 1 aromatic carbocycles. The van der Waals surface area contributed by atoms with Crippen molar-refractivity contribution in [3.63, 3.8) is 0 Å². The molecule has 2 heterocycles. The lowest BCUT2D eigenvalue weighted by molar-refractivity contribution is -0.127. The Morgan fingerprint density at radius 1 is 1.18 bits per heavy atom. The number of fused-ring (bicyclic) bond motifs is 8. The monoisotopic (exact) mass is 322 g/mol. The highest BCUT2D eigenvalue weighted by atomic mass is 31.2. The SMILES string of the molecule is COP(=O)(OC)[C@@]12O[C@@H](c3ccccc31)C1C(=O)CC(=O)C12. The van der Waals surface area contributed by atoms with Crippen LogP contribution in [-0.2, 0) is 33.3 Å². The van der Waals surface area contributed by atoms with E-state index in [1.165, 1.54) is 14.2 Å². The minimum Gasteiger partial charge on any atom is -0.348 e. The number of ether oxygens (including phenoxy) is 1. The van der Waals surface area contributed by atoms with Crippen LogP contribution in [0.2, 0.25) is 0 Å². The van der Waals surface area contributed by atoms with E-state index in [0.717, 1.165) is 5.56 Å². The third kappa shape index (κ3) is 1.35. The fourth-order valence-electron chi connectivity index (χ4n) is 4.22. The zero-order valence-corrected chi connectivity index (χ0v) is 13.0. The van der Waals surface area contributed by atoms with Crippen LogP contribution in [0.5, 0.6) is 0 Å². The van der Waals surface area contributed by atoms with Gasteiger partial charge in [0.05, 0.1) is 24.4 Å². The molecule has 6 nitrogen and oxygen atoms in total. The Morgan fingerprint density at radius 3 is 2.55 bits per heavy atom. The van der Waals surface area contributed by atoms with E-state index in [4.69, 9.17) is 13.8 Å². The number of carbonyl (C=O) groups excluding carboxylic acids is 2. The fraction of sp³-hybridized carbons (Fsp3) is 0.467. The smallest absolute Gasteiger partial charge is 0.348 e. The minimum absolute atomic E-state index is 0.141. The summed E-state index contributed by atoms with van der Waals surface area (Å²) >= 11 is 0. The highest BCUT2D eigenvalue weighted by Gasteiger charge is 2.76. The van der Waals surface area contributed by atoms with Gasteiger partial charge >= 0.3 is 7.60 Å². The molecule has 1 aromatic rings. The molecule has 3 aliphatic rings. The molecule has 0 aromatic heterocycles. The topological polar surface area (TPSA) is 78.9 Å². The molecule has 0 spiro atoms. The molecule has 7 heteroatoms. The summed E-state index contributed by atoms with van der Waals surface area (Å²) in [6, 6.07) is 7.23. The van der Waals surface area contributed by atoms with Crippen LogP contribution in [-0.4, -0.2) is 25.8 Å². The van der Waals surface area contributed by atoms with Crippen molar-refractivity contribution < 1.29 is 27.9 Å². The molecule has 2 fully saturated rings. The summed E-state index contributed by atoms with van der Waals surface area (Å²) < 4.78 is 29.7. The molecular weight excluding hydrogens is 307 g/mol. The fourth-order valence-corrected chi connectivity index (χ4v) is 6.30. The average molecular weight is 322 g/mol. The summed E-state index contributed by atoms with van der Waals surface area (Å²) in [5.41, 5.74) is 1.43. The minimum atomic E-state index is -3.78. The Kier molecular flexibility index (Phi) is 2.83. The van der Waals surface area contributed by atoms with Crippen LogP contribution >= 0.6 is 7.60 Å². The maximum absolute atomic E-state index is 13.3. The first-order chi connectivity index (χ1) is 10.5. The van der Waals surface area contributed by atoms with Gasteiger partial charge in [-0.05, 0) is 5.56 Å². The molecular formula is C15H15O6P. The number of rotatable bonds is 3. The average Bonchev–Trinajstić information content (AvgIpc) is 3.16. The van der Waals surface area contributed by atoms with Gasteiger partial charge in [-0.15, -0.1) is 0 Å². The lowest BCUT2D eigenvalue weighted by atomic mass is 9.77. The molecule has 4 rings (SSSR count). The zero-order chi connectivity index (χ0) is 15.7. The van der Waals surface area contributed by atoms with Crippen molar-refractivity contribution in [1.29, 1.82) is 0 Å². The highest BCUT2D eigenvalue weighted by molar-refractivity contribution is 7.55. The van der Waals surface area contributed by atoms with E-state index >= 15 is 0 Å². The molecule has 1 aliphatic carbocycles. The maximum Gasteiger partial charge on any atom is 0.367 e. The highest BCUT2D eigenvalue weighted by Crippen LogP contribution is 2.79. The Labute approximate surface area is 127 Å². The zero-order valence-electron chi connectivity index (χ0n) is 12.1. The number of hydrogen-bond acceptors (Lipinski definition) is 6. The lowest BCUT2D eigenvalue weighted by Crippen LogP contribution is -2.38. The van der Waals surface area contributed by atoms with Crippen LogP contribution in [0, 0.1) is 11.8 Å². The lowest BCUT2D eigenvalue weighted by Gasteiger charge is -2.36. The summed E-state index contributed by atoms with van der Waals surface area (Å²) in [6.45, 7) is 0. The molecule has 0 radical (unpaired) electrons. The van der Waals surface area contributed by atoms with Gasteiger partial charge in [0.25, 0.3) is 0 Å². The molecule has 0 N–H and O–H groups in total. The Balaban J connectivity index is 2.04. The number of Topliss-reactive ketones (excluding diaryl/α,β-unsaturated/α-hetero) is 2. The van der Waals surface area contributed by atoms with Crippen molar-refractivity contribution in [2.45, 2.75) is 17.9 Å². The standard InChI is InChI=1S/C15H15O6P/c1-19-22(18,20-2)15-9-6-4-3-5-8(9)14(21-15)12-10(16)7-11(17)13(12)15/h3-6,12-14H,7H2,1-2H3/t12?,13?,14-,15-/m0/s1. The van der Waals surface area contributed by atoms with E-state index in [9.17, 15) is 14.2 Å². The largest absolute Gasteiger partial charge is 0.367 e. The van der Waals surface area contributed by atoms with Crippen LogP contribution in [0.15, 0.2) is 24.3 Å². The second-order valence-corrected chi connectivity index (χ2v) is 8.19. The van der Waals surface area contributed by atoms with Gasteiger partial charge in [0.1, 0.15) is 11.6 Å². The van der Waals surface area contributed by atoms with Crippen LogP contribution in [0.3, 0.4) is 0 Å². The van der Waals surface area contributed by atoms with Crippen molar-refractivity contribution in [2.75, 3.05) is 14.2 Å². The van der Waals surface area contributed by atoms with E-state index in [0.29, 0.717) is 5.56 Å². The van der Waals surface area contributed by atoms with E-state index in [2.05, 4.69) is 0 Å². The first-order valence-corrected chi connectivity index (χ1v) is 8.58. The van der Waals surface area contributed by atoms with Crippen molar-refractivity contribution in [3.8, 4) is 0 Å². The quantitative estimate of drug-likeness (QED) is 0.627. The molecule has 4 atom stereocenters. The number of carbonyl (C=O) groups is 2. The molecule has 2 bridgehead atoms. The summed E-state index contributed by atoms with van der Waals surface area (Å²) in [5.74, 6) is -1.80. The molecule has 2 unspecified atom stereocenters. The summed E-state index contributed by atoms with van der Waals surface area (Å²) in [4.78, 5) is 24.7. The van der Waals surface area contributed by atoms with Crippen molar-refractivity contribution >= 4 is 19.2 Å². The summed E-state index contributed by atoms with van der Waals surface area (Å²) in [7, 11) is -1.24. The van der Waals surface area contributed by atoms with E-state index in [-0.39, 0.29) is 18.0 Å². The van der Waals surface area contributed by atoms with Crippen molar-refractivity contribution in [2.24, 2.45) is 11.8 Å². The Hall–Kier alpha value is -1.33. The molecule has 1 saturated heterocycles. The second kappa shape index (κ2) is 4.36. The number of benzene rings is 1. The van der Waals surface area contributed by atoms with Gasteiger partial charge in [-0.3, -0.25) is 14.2 Å². The van der Waals surface area contributed by atoms with Crippen LogP contribution in [0.1, 0.15) is 23.7 Å². The second-order valence-electron chi connectivity index (χ2n) is 5.80. The predicted molar refractivity (Wildman–Crippen MR) is 75.2 cm³/mol. The third-order valence-electron chi connectivity index (χ3n) is 5.02. The third-order valence-corrected chi connectivity index (χ3v) is 7.42. The van der Waals surface area contributed by atoms with Gasteiger partial charge in [-0.2, -0.15) is 0 Å². The van der Waals surface area contributed by atoms with Gasteiger partial charge in [0.15, 0.2) is 0 Å². The van der Waals surface area contributed by atoms with Gasteiger partial charge in [0, 0.05) is 19.8 Å². The Bertz CT molecular complexity index is 735. The van der Waals surface area contributed by atoms with Gasteiger partial charge < -0.3 is 13.8 Å². The normalized spacial score (nSPS) is 35.8. The molecule has 2 aliphatic heterocycles. The van der Waals surface area contributed by atoms with Gasteiger partial charge in [-0.1, -0.05) is 24.3 Å².